The molecule has 0 saturated carbocycles. The number of carbonyl (C=O) groups is 7. The molecule has 67 heavy (non-hydrogen) atoms. The Morgan fingerprint density at radius 1 is 1.00 bits per heavy atom. The van der Waals surface area contributed by atoms with E-state index >= 15 is 0 Å². The fourth-order valence-electron chi connectivity index (χ4n) is 8.26. The van der Waals surface area contributed by atoms with Crippen LogP contribution in [0, 0.1) is 11.8 Å². The molecule has 1 aliphatic carbocycles. The number of fused-ring (bicyclic) bond motifs is 3. The normalized spacial score (nSPS) is 28.5. The fourth-order valence-corrected chi connectivity index (χ4v) is 9.99. The van der Waals surface area contributed by atoms with Crippen molar-refractivity contribution in [3.8, 4) is 0 Å². The van der Waals surface area contributed by atoms with Crippen molar-refractivity contribution in [2.24, 2.45) is 17.6 Å². The molecule has 8 N–H and O–H groups in total. The monoisotopic (exact) mass is 968 g/mol. The number of hydrogen-bond donors (Lipinski definition) is 7. The number of benzene rings is 1. The van der Waals surface area contributed by atoms with Crippen LogP contribution >= 0.6 is 21.6 Å². The number of aliphatic hydroxyl groups is 2. The number of ketones is 1. The van der Waals surface area contributed by atoms with Crippen molar-refractivity contribution >= 4 is 68.9 Å². The Morgan fingerprint density at radius 2 is 1.75 bits per heavy atom. The molecule has 1 fully saturated rings. The number of methoxy groups -OCH3 is 2. The van der Waals surface area contributed by atoms with E-state index in [4.69, 9.17) is 24.7 Å². The van der Waals surface area contributed by atoms with Crippen LogP contribution in [0.15, 0.2) is 76.7 Å². The molecule has 2 bridgehead atoms. The third-order valence-corrected chi connectivity index (χ3v) is 14.1. The summed E-state index contributed by atoms with van der Waals surface area (Å²) >= 11 is 0. The first-order valence-electron chi connectivity index (χ1n) is 21.8. The molecular formula is C46H60N6O13S2. The molecule has 0 aromatic heterocycles. The maximum Gasteiger partial charge on any atom is 0.411 e. The van der Waals surface area contributed by atoms with Crippen LogP contribution in [0.1, 0.15) is 69.3 Å². The summed E-state index contributed by atoms with van der Waals surface area (Å²) in [7, 11) is 5.83. The molecule has 1 saturated heterocycles. The molecule has 364 valence electrons. The fraction of sp³-hybridized carbons (Fsp3) is 0.500. The second-order valence-corrected chi connectivity index (χ2v) is 19.3. The van der Waals surface area contributed by atoms with Gasteiger partial charge in [-0.25, -0.2) is 9.59 Å². The lowest BCUT2D eigenvalue weighted by Gasteiger charge is -2.30. The Kier molecular flexibility index (Phi) is 19.2. The van der Waals surface area contributed by atoms with Crippen molar-refractivity contribution in [1.29, 1.82) is 0 Å². The van der Waals surface area contributed by atoms with Gasteiger partial charge in [-0.2, -0.15) is 0 Å². The summed E-state index contributed by atoms with van der Waals surface area (Å²) in [6, 6.07) is 4.10. The molecule has 3 aliphatic heterocycles. The van der Waals surface area contributed by atoms with Crippen LogP contribution in [0.3, 0.4) is 0 Å². The maximum absolute atomic E-state index is 14.1. The SMILES string of the molecule is CO[C@H]1/C=C\C=C(/C)C(=O)NC2=CC(O)C(NCCSSCCOC(=O)Nc3cccc4c3CN(C3CCC(=O)NC3=O)C4=O)=C(C[C@@H](C)C[C@H](OC)[C@@H](O)[C@@H](C)/C=C(\C)[C@@H]1OC(N)=O)C2=O. The van der Waals surface area contributed by atoms with Crippen molar-refractivity contribution in [3.63, 3.8) is 0 Å². The highest BCUT2D eigenvalue weighted by Crippen LogP contribution is 2.33. The first-order chi connectivity index (χ1) is 31.9. The highest BCUT2D eigenvalue weighted by atomic mass is 33.1. The third kappa shape index (κ3) is 13.8. The number of imide groups is 1. The van der Waals surface area contributed by atoms with E-state index in [0.717, 1.165) is 0 Å². The van der Waals surface area contributed by atoms with Gasteiger partial charge in [0.15, 0.2) is 6.10 Å². The average Bonchev–Trinajstić information content (AvgIpc) is 3.62. The summed E-state index contributed by atoms with van der Waals surface area (Å²) in [5.41, 5.74) is 7.96. The van der Waals surface area contributed by atoms with Gasteiger partial charge in [0.25, 0.3) is 11.8 Å². The Hall–Kier alpha value is -5.45. The lowest BCUT2D eigenvalue weighted by Crippen LogP contribution is -2.52. The van der Waals surface area contributed by atoms with E-state index in [1.807, 2.05) is 6.92 Å². The number of allylic oxidation sites excluding steroid dienone is 3. The van der Waals surface area contributed by atoms with Gasteiger partial charge in [0.05, 0.1) is 23.6 Å². The summed E-state index contributed by atoms with van der Waals surface area (Å²) < 4.78 is 22.2. The van der Waals surface area contributed by atoms with Gasteiger partial charge in [0.2, 0.25) is 17.6 Å². The Morgan fingerprint density at radius 3 is 2.45 bits per heavy atom. The van der Waals surface area contributed by atoms with E-state index in [1.165, 1.54) is 52.9 Å². The van der Waals surface area contributed by atoms with Crippen molar-refractivity contribution in [3.05, 3.63) is 87.8 Å². The molecule has 2 unspecified atom stereocenters. The third-order valence-electron chi connectivity index (χ3n) is 11.7. The minimum Gasteiger partial charge on any atom is -0.448 e. The molecular weight excluding hydrogens is 909 g/mol. The Labute approximate surface area is 397 Å². The highest BCUT2D eigenvalue weighted by Gasteiger charge is 2.40. The predicted molar refractivity (Wildman–Crippen MR) is 251 cm³/mol. The summed E-state index contributed by atoms with van der Waals surface area (Å²) in [6.07, 6.45) is 2.04. The number of carbonyl (C=O) groups excluding carboxylic acids is 7. The standard InChI is InChI=1S/C46H60N6O13S2/c1-24-19-29-38(48-15-17-66-67-18-16-64-46(61)50-31-11-8-10-28-30(31)23-52(44(28)59)33-13-14-37(54)51-43(33)58)34(53)22-32(40(29)56)49-42(57)25(2)9-7-12-35(62-5)41(65-45(47)60)27(4)21-26(3)39(55)36(20-24)63-6/h7-12,21-22,24,26,33-36,39,41,48,53,55H,13-20,23H2,1-6H3,(H2,47,60)(H,49,57)(H,50,61)(H,51,54,58)/b12-7-,25-9+,27-21+/t24-,26+,33?,34?,35+,36+,39+,41+/m1/s1. The number of piperidine rings is 1. The van der Waals surface area contributed by atoms with E-state index < -0.39 is 72.3 Å². The predicted octanol–water partition coefficient (Wildman–Crippen LogP) is 3.53. The number of nitrogens with two attached hydrogens (primary N) is 1. The summed E-state index contributed by atoms with van der Waals surface area (Å²) in [6.45, 7) is 7.47. The topological polar surface area (TPSA) is 274 Å². The zero-order valence-electron chi connectivity index (χ0n) is 38.3. The second kappa shape index (κ2) is 24.5. The van der Waals surface area contributed by atoms with Gasteiger partial charge in [0.1, 0.15) is 24.9 Å². The number of anilines is 1. The molecule has 4 aliphatic rings. The molecule has 0 radical (unpaired) electrons. The molecule has 19 nitrogen and oxygen atoms in total. The number of primary amides is 1. The Balaban J connectivity index is 1.18. The number of nitrogens with zero attached hydrogens (tertiary/aromatic N) is 1. The summed E-state index contributed by atoms with van der Waals surface area (Å²) in [5.74, 6) is -2.11. The van der Waals surface area contributed by atoms with Crippen LogP contribution in [0.4, 0.5) is 15.3 Å². The summed E-state index contributed by atoms with van der Waals surface area (Å²) in [5, 5.41) is 33.7. The van der Waals surface area contributed by atoms with Gasteiger partial charge in [-0.1, -0.05) is 65.8 Å². The van der Waals surface area contributed by atoms with Gasteiger partial charge in [-0.05, 0) is 62.8 Å². The Bertz CT molecular complexity index is 2230. The number of ether oxygens (including phenoxy) is 4. The maximum atomic E-state index is 14.1. The summed E-state index contributed by atoms with van der Waals surface area (Å²) in [4.78, 5) is 90.7. The molecule has 1 aromatic rings. The zero-order valence-corrected chi connectivity index (χ0v) is 40.0. The molecule has 0 spiro atoms. The molecule has 6 amide bonds. The van der Waals surface area contributed by atoms with E-state index in [9.17, 15) is 43.8 Å². The van der Waals surface area contributed by atoms with Gasteiger partial charge < -0.3 is 50.4 Å². The lowest BCUT2D eigenvalue weighted by molar-refractivity contribution is -0.137. The van der Waals surface area contributed by atoms with Crippen LogP contribution in [-0.4, -0.2) is 132 Å². The number of nitrogens with one attached hydrogen (secondary N) is 4. The van der Waals surface area contributed by atoms with E-state index in [0.29, 0.717) is 52.6 Å². The van der Waals surface area contributed by atoms with Gasteiger partial charge in [-0.3, -0.25) is 34.6 Å². The van der Waals surface area contributed by atoms with E-state index in [2.05, 4.69) is 21.3 Å². The largest absolute Gasteiger partial charge is 0.448 e. The van der Waals surface area contributed by atoms with Crippen molar-refractivity contribution in [1.82, 2.24) is 20.9 Å². The number of rotatable bonds is 13. The van der Waals surface area contributed by atoms with Gasteiger partial charge >= 0.3 is 12.2 Å². The van der Waals surface area contributed by atoms with Crippen molar-refractivity contribution in [2.75, 3.05) is 44.2 Å². The quantitative estimate of drug-likeness (QED) is 0.0645. The van der Waals surface area contributed by atoms with Crippen LogP contribution < -0.4 is 27.0 Å². The number of amides is 6. The lowest BCUT2D eigenvalue weighted by atomic mass is 9.84. The van der Waals surface area contributed by atoms with Gasteiger partial charge in [-0.15, -0.1) is 0 Å². The molecule has 3 heterocycles. The zero-order chi connectivity index (χ0) is 48.9. The van der Waals surface area contributed by atoms with E-state index in [-0.39, 0.29) is 67.0 Å². The van der Waals surface area contributed by atoms with Crippen molar-refractivity contribution < 1.29 is 62.7 Å². The van der Waals surface area contributed by atoms with Crippen LogP contribution in [0.2, 0.25) is 0 Å². The van der Waals surface area contributed by atoms with E-state index in [1.54, 1.807) is 57.2 Å². The molecule has 5 rings (SSSR count). The average molecular weight is 969 g/mol. The smallest absolute Gasteiger partial charge is 0.411 e. The number of Topliss-reactive ketones (excluding diaryl/α,β-unsaturated/α-hetero) is 1. The number of aliphatic hydroxyl groups excluding tert-OH is 2. The second-order valence-electron chi connectivity index (χ2n) is 16.6. The number of hydrogen-bond acceptors (Lipinski definition) is 16. The van der Waals surface area contributed by atoms with Crippen LogP contribution in [0.25, 0.3) is 0 Å². The minimum atomic E-state index is -1.26. The molecule has 1 aromatic carbocycles. The first kappa shape index (κ1) is 52.5. The van der Waals surface area contributed by atoms with Crippen LogP contribution in [-0.2, 0) is 44.7 Å². The molecule has 8 atom stereocenters. The van der Waals surface area contributed by atoms with Crippen molar-refractivity contribution in [2.45, 2.75) is 96.5 Å². The molecule has 21 heteroatoms. The first-order valence-corrected chi connectivity index (χ1v) is 24.3. The van der Waals surface area contributed by atoms with Crippen LogP contribution in [0.5, 0.6) is 0 Å². The minimum absolute atomic E-state index is 0.0711. The van der Waals surface area contributed by atoms with Gasteiger partial charge in [0, 0.05) is 79.1 Å². The highest BCUT2D eigenvalue weighted by molar-refractivity contribution is 8.76.